The molecule has 0 aromatic carbocycles. The van der Waals surface area contributed by atoms with Gasteiger partial charge in [0.2, 0.25) is 5.91 Å². The second-order valence-electron chi connectivity index (χ2n) is 8.61. The van der Waals surface area contributed by atoms with E-state index in [9.17, 15) is 9.59 Å². The molecule has 0 atom stereocenters. The number of piperidine rings is 1. The molecule has 1 saturated heterocycles. The van der Waals surface area contributed by atoms with Gasteiger partial charge in [-0.15, -0.1) is 11.3 Å². The molecule has 0 spiro atoms. The van der Waals surface area contributed by atoms with Crippen LogP contribution in [0, 0.1) is 5.92 Å². The largest absolute Gasteiger partial charge is 0.338 e. The lowest BCUT2D eigenvalue weighted by Gasteiger charge is -2.33. The molecule has 0 unspecified atom stereocenters. The first kappa shape index (κ1) is 20.1. The van der Waals surface area contributed by atoms with Gasteiger partial charge >= 0.3 is 0 Å². The minimum Gasteiger partial charge on any atom is -0.338 e. The van der Waals surface area contributed by atoms with E-state index in [-0.39, 0.29) is 17.9 Å². The fourth-order valence-electron chi connectivity index (χ4n) is 4.42. The van der Waals surface area contributed by atoms with Crippen molar-refractivity contribution in [3.63, 3.8) is 0 Å². The predicted octanol–water partition coefficient (Wildman–Crippen LogP) is 4.29. The molecule has 1 aliphatic carbocycles. The van der Waals surface area contributed by atoms with Gasteiger partial charge in [0.1, 0.15) is 5.82 Å². The van der Waals surface area contributed by atoms with Crippen LogP contribution in [-0.2, 0) is 17.6 Å². The van der Waals surface area contributed by atoms with Crippen molar-refractivity contribution in [3.05, 3.63) is 33.6 Å². The molecule has 2 aliphatic rings. The van der Waals surface area contributed by atoms with Crippen LogP contribution >= 0.6 is 11.3 Å². The highest BCUT2D eigenvalue weighted by molar-refractivity contribution is 7.12. The zero-order valence-electron chi connectivity index (χ0n) is 17.3. The molecule has 3 heterocycles. The Balaban J connectivity index is 1.38. The second-order valence-corrected chi connectivity index (χ2v) is 9.49. The summed E-state index contributed by atoms with van der Waals surface area (Å²) in [4.78, 5) is 28.2. The van der Waals surface area contributed by atoms with E-state index in [0.717, 1.165) is 49.5 Å². The second kappa shape index (κ2) is 8.69. The number of fused-ring (bicyclic) bond motifs is 1. The van der Waals surface area contributed by atoms with Crippen LogP contribution in [0.1, 0.15) is 72.8 Å². The number of thiophene rings is 1. The molecule has 1 fully saturated rings. The van der Waals surface area contributed by atoms with Crippen LogP contribution in [0.3, 0.4) is 0 Å². The van der Waals surface area contributed by atoms with Gasteiger partial charge in [0.15, 0.2) is 0 Å². The Morgan fingerprint density at radius 2 is 2.00 bits per heavy atom. The fraction of sp³-hybridized carbons (Fsp3) is 0.591. The number of carbonyl (C=O) groups is 2. The monoisotopic (exact) mass is 414 g/mol. The molecule has 0 saturated carbocycles. The molecule has 1 aliphatic heterocycles. The molecule has 2 amide bonds. The van der Waals surface area contributed by atoms with E-state index < -0.39 is 0 Å². The van der Waals surface area contributed by atoms with Gasteiger partial charge in [-0.05, 0) is 60.9 Å². The Hall–Kier alpha value is -2.15. The van der Waals surface area contributed by atoms with E-state index in [1.807, 2.05) is 29.5 Å². The molecule has 6 nitrogen and oxygen atoms in total. The number of aryl methyl sites for hydroxylation is 1. The molecule has 4 rings (SSSR count). The van der Waals surface area contributed by atoms with Gasteiger partial charge in [-0.2, -0.15) is 5.10 Å². The third-order valence-corrected chi connectivity index (χ3v) is 6.99. The van der Waals surface area contributed by atoms with Gasteiger partial charge in [0.25, 0.3) is 5.91 Å². The summed E-state index contributed by atoms with van der Waals surface area (Å²) in [6, 6.07) is 2.06. The molecule has 2 aromatic rings. The zero-order chi connectivity index (χ0) is 20.4. The van der Waals surface area contributed by atoms with Gasteiger partial charge in [-0.3, -0.25) is 9.59 Å². The van der Waals surface area contributed by atoms with Gasteiger partial charge < -0.3 is 10.2 Å². The van der Waals surface area contributed by atoms with Crippen molar-refractivity contribution >= 4 is 29.0 Å². The zero-order valence-corrected chi connectivity index (χ0v) is 18.1. The third kappa shape index (κ3) is 4.39. The number of hydrogen-bond acceptors (Lipinski definition) is 4. The van der Waals surface area contributed by atoms with Gasteiger partial charge in [-0.1, -0.05) is 13.8 Å². The summed E-state index contributed by atoms with van der Waals surface area (Å²) in [5.74, 6) is 1.30. The number of hydrogen-bond donors (Lipinski definition) is 1. The highest BCUT2D eigenvalue weighted by Crippen LogP contribution is 2.32. The Morgan fingerprint density at radius 1 is 1.24 bits per heavy atom. The molecule has 156 valence electrons. The van der Waals surface area contributed by atoms with Crippen molar-refractivity contribution < 1.29 is 9.59 Å². The summed E-state index contributed by atoms with van der Waals surface area (Å²) in [6.45, 7) is 5.54. The summed E-state index contributed by atoms with van der Waals surface area (Å²) < 4.78 is 1.92. The minimum absolute atomic E-state index is 0.0248. The van der Waals surface area contributed by atoms with Crippen molar-refractivity contribution in [1.29, 1.82) is 0 Å². The molecule has 2 aromatic heterocycles. The normalized spacial score (nSPS) is 17.4. The molecule has 0 bridgehead atoms. The van der Waals surface area contributed by atoms with Crippen LogP contribution < -0.4 is 5.32 Å². The van der Waals surface area contributed by atoms with E-state index in [1.165, 1.54) is 24.0 Å². The maximum absolute atomic E-state index is 13.1. The summed E-state index contributed by atoms with van der Waals surface area (Å²) in [7, 11) is 0. The number of likely N-dealkylation sites (tertiary alicyclic amines) is 1. The van der Waals surface area contributed by atoms with Gasteiger partial charge in [0, 0.05) is 25.6 Å². The lowest BCUT2D eigenvalue weighted by atomic mass is 9.93. The molecule has 29 heavy (non-hydrogen) atoms. The summed E-state index contributed by atoms with van der Waals surface area (Å²) in [6.07, 6.45) is 8.54. The fourth-order valence-corrected chi connectivity index (χ4v) is 5.55. The van der Waals surface area contributed by atoms with E-state index >= 15 is 0 Å². The van der Waals surface area contributed by atoms with E-state index in [4.69, 9.17) is 0 Å². The van der Waals surface area contributed by atoms with Crippen LogP contribution in [0.4, 0.5) is 5.82 Å². The van der Waals surface area contributed by atoms with Crippen LogP contribution in [-0.4, -0.2) is 39.6 Å². The number of rotatable bonds is 5. The SMILES string of the molecule is CC(C)CC(=O)Nc1ccnn1C1CCN(C(=O)c2scc3c2CCCC3)CC1. The van der Waals surface area contributed by atoms with Gasteiger partial charge in [0.05, 0.1) is 17.1 Å². The maximum atomic E-state index is 13.1. The van der Waals surface area contributed by atoms with Crippen molar-refractivity contribution in [2.45, 2.75) is 64.8 Å². The van der Waals surface area contributed by atoms with Crippen LogP contribution in [0.5, 0.6) is 0 Å². The van der Waals surface area contributed by atoms with Crippen LogP contribution in [0.2, 0.25) is 0 Å². The first-order valence-electron chi connectivity index (χ1n) is 10.7. The average Bonchev–Trinajstić information content (AvgIpc) is 3.34. The van der Waals surface area contributed by atoms with Gasteiger partial charge in [-0.25, -0.2) is 4.68 Å². The van der Waals surface area contributed by atoms with Crippen LogP contribution in [0.25, 0.3) is 0 Å². The molecular formula is C22H30N4O2S. The minimum atomic E-state index is 0.0248. The molecule has 0 radical (unpaired) electrons. The number of carbonyl (C=O) groups excluding carboxylic acids is 2. The number of aromatic nitrogens is 2. The standard InChI is InChI=1S/C22H30N4O2S/c1-15(2)13-20(27)24-19-7-10-23-26(19)17-8-11-25(12-9-17)22(28)21-18-6-4-3-5-16(18)14-29-21/h7,10,14-15,17H,3-6,8-9,11-13H2,1-2H3,(H,24,27). The Kier molecular flexibility index (Phi) is 6.04. The lowest BCUT2D eigenvalue weighted by molar-refractivity contribution is -0.116. The number of amides is 2. The number of nitrogens with one attached hydrogen (secondary N) is 1. The molecular weight excluding hydrogens is 384 g/mol. The lowest BCUT2D eigenvalue weighted by Crippen LogP contribution is -2.39. The summed E-state index contributed by atoms with van der Waals surface area (Å²) >= 11 is 1.62. The van der Waals surface area contributed by atoms with Crippen LogP contribution in [0.15, 0.2) is 17.6 Å². The number of nitrogens with zero attached hydrogens (tertiary/aromatic N) is 3. The Bertz CT molecular complexity index is 877. The van der Waals surface area contributed by atoms with E-state index in [2.05, 4.69) is 15.8 Å². The smallest absolute Gasteiger partial charge is 0.264 e. The van der Waals surface area contributed by atoms with Crippen molar-refractivity contribution in [3.8, 4) is 0 Å². The van der Waals surface area contributed by atoms with Crippen molar-refractivity contribution in [2.75, 3.05) is 18.4 Å². The highest BCUT2D eigenvalue weighted by atomic mass is 32.1. The van der Waals surface area contributed by atoms with Crippen molar-refractivity contribution in [2.24, 2.45) is 5.92 Å². The Morgan fingerprint density at radius 3 is 2.76 bits per heavy atom. The van der Waals surface area contributed by atoms with Crippen molar-refractivity contribution in [1.82, 2.24) is 14.7 Å². The maximum Gasteiger partial charge on any atom is 0.264 e. The average molecular weight is 415 g/mol. The molecule has 1 N–H and O–H groups in total. The summed E-state index contributed by atoms with van der Waals surface area (Å²) in [5.41, 5.74) is 2.69. The number of anilines is 1. The van der Waals surface area contributed by atoms with E-state index in [0.29, 0.717) is 12.3 Å². The Labute approximate surface area is 176 Å². The predicted molar refractivity (Wildman–Crippen MR) is 115 cm³/mol. The highest BCUT2D eigenvalue weighted by Gasteiger charge is 2.29. The topological polar surface area (TPSA) is 67.2 Å². The first-order chi connectivity index (χ1) is 14.0. The molecule has 7 heteroatoms. The quantitative estimate of drug-likeness (QED) is 0.794. The summed E-state index contributed by atoms with van der Waals surface area (Å²) in [5, 5.41) is 9.63. The first-order valence-corrected chi connectivity index (χ1v) is 11.6. The van der Waals surface area contributed by atoms with E-state index in [1.54, 1.807) is 17.5 Å². The third-order valence-electron chi connectivity index (χ3n) is 5.93.